The van der Waals surface area contributed by atoms with Gasteiger partial charge in [-0.1, -0.05) is 12.1 Å². The molecule has 1 aromatic heterocycles. The monoisotopic (exact) mass is 244 g/mol. The number of ether oxygens (including phenoxy) is 1. The maximum absolute atomic E-state index is 5.64. The van der Waals surface area contributed by atoms with Crippen molar-refractivity contribution >= 4 is 5.95 Å². The van der Waals surface area contributed by atoms with E-state index in [4.69, 9.17) is 10.5 Å². The summed E-state index contributed by atoms with van der Waals surface area (Å²) in [5, 5.41) is 2.99. The molecule has 1 heterocycles. The summed E-state index contributed by atoms with van der Waals surface area (Å²) in [6.07, 6.45) is 3.27. The van der Waals surface area contributed by atoms with Crippen LogP contribution in [0.25, 0.3) is 0 Å². The third kappa shape index (κ3) is 3.43. The fraction of sp³-hybridized carbons (Fsp3) is 0.231. The molecule has 0 saturated heterocycles. The van der Waals surface area contributed by atoms with E-state index in [1.807, 2.05) is 31.2 Å². The van der Waals surface area contributed by atoms with Gasteiger partial charge in [-0.25, -0.2) is 9.97 Å². The predicted molar refractivity (Wildman–Crippen MR) is 70.8 cm³/mol. The Labute approximate surface area is 106 Å². The molecular weight excluding hydrogens is 228 g/mol. The number of rotatable bonds is 5. The van der Waals surface area contributed by atoms with Crippen molar-refractivity contribution in [3.8, 4) is 11.5 Å². The van der Waals surface area contributed by atoms with E-state index >= 15 is 0 Å². The van der Waals surface area contributed by atoms with E-state index in [9.17, 15) is 0 Å². The Morgan fingerprint density at radius 1 is 1.22 bits per heavy atom. The molecule has 18 heavy (non-hydrogen) atoms. The van der Waals surface area contributed by atoms with Crippen LogP contribution in [0.3, 0.4) is 0 Å². The number of aryl methyl sites for hydroxylation is 1. The van der Waals surface area contributed by atoms with Gasteiger partial charge in [0.1, 0.15) is 5.75 Å². The molecule has 0 bridgehead atoms. The van der Waals surface area contributed by atoms with Crippen LogP contribution < -0.4 is 15.8 Å². The Hall–Kier alpha value is -2.14. The molecule has 0 aliphatic carbocycles. The minimum Gasteiger partial charge on any atom is -0.454 e. The van der Waals surface area contributed by atoms with Gasteiger partial charge in [-0.05, 0) is 24.6 Å². The molecule has 0 amide bonds. The molecule has 0 unspecified atom stereocenters. The molecule has 0 saturated carbocycles. The molecular formula is C13H16N4O. The average Bonchev–Trinajstić information content (AvgIpc) is 2.38. The van der Waals surface area contributed by atoms with Gasteiger partial charge in [0.15, 0.2) is 5.75 Å². The highest BCUT2D eigenvalue weighted by Crippen LogP contribution is 2.20. The first-order valence-corrected chi connectivity index (χ1v) is 5.78. The summed E-state index contributed by atoms with van der Waals surface area (Å²) in [7, 11) is 0. The second kappa shape index (κ2) is 5.97. The number of hydrogen-bond donors (Lipinski definition) is 2. The van der Waals surface area contributed by atoms with Crippen LogP contribution in [0.4, 0.5) is 5.95 Å². The number of aromatic nitrogens is 2. The first-order valence-electron chi connectivity index (χ1n) is 5.78. The van der Waals surface area contributed by atoms with Crippen LogP contribution in [0, 0.1) is 6.92 Å². The van der Waals surface area contributed by atoms with Crippen LogP contribution in [0.2, 0.25) is 0 Å². The maximum Gasteiger partial charge on any atom is 0.222 e. The van der Waals surface area contributed by atoms with Crippen molar-refractivity contribution in [2.75, 3.05) is 18.4 Å². The highest BCUT2D eigenvalue weighted by molar-refractivity contribution is 5.33. The van der Waals surface area contributed by atoms with E-state index in [0.29, 0.717) is 24.8 Å². The lowest BCUT2D eigenvalue weighted by Crippen LogP contribution is -2.14. The van der Waals surface area contributed by atoms with Gasteiger partial charge >= 0.3 is 0 Å². The normalized spacial score (nSPS) is 10.1. The van der Waals surface area contributed by atoms with Crippen molar-refractivity contribution < 1.29 is 4.74 Å². The maximum atomic E-state index is 5.64. The minimum atomic E-state index is 0.547. The third-order valence-electron chi connectivity index (χ3n) is 2.28. The Balaban J connectivity index is 2.02. The Morgan fingerprint density at radius 3 is 2.67 bits per heavy atom. The van der Waals surface area contributed by atoms with E-state index in [-0.39, 0.29) is 0 Å². The molecule has 3 N–H and O–H groups in total. The van der Waals surface area contributed by atoms with Crippen molar-refractivity contribution in [3.63, 3.8) is 0 Å². The molecule has 0 radical (unpaired) electrons. The number of nitrogens with two attached hydrogens (primary N) is 1. The fourth-order valence-electron chi connectivity index (χ4n) is 1.46. The summed E-state index contributed by atoms with van der Waals surface area (Å²) < 4.78 is 5.64. The fourth-order valence-corrected chi connectivity index (χ4v) is 1.46. The lowest BCUT2D eigenvalue weighted by Gasteiger charge is -2.06. The topological polar surface area (TPSA) is 73.1 Å². The first kappa shape index (κ1) is 12.3. The van der Waals surface area contributed by atoms with Crippen LogP contribution in [-0.4, -0.2) is 23.1 Å². The second-order valence-corrected chi connectivity index (χ2v) is 3.88. The molecule has 2 rings (SSSR count). The molecule has 2 aromatic rings. The van der Waals surface area contributed by atoms with Crippen LogP contribution in [0.1, 0.15) is 5.56 Å². The molecule has 0 fully saturated rings. The van der Waals surface area contributed by atoms with Crippen molar-refractivity contribution in [1.82, 2.24) is 9.97 Å². The van der Waals surface area contributed by atoms with Crippen LogP contribution >= 0.6 is 0 Å². The molecule has 1 aromatic carbocycles. The molecule has 0 atom stereocenters. The van der Waals surface area contributed by atoms with E-state index in [1.165, 1.54) is 0 Å². The largest absolute Gasteiger partial charge is 0.454 e. The number of anilines is 1. The Bertz CT molecular complexity index is 499. The van der Waals surface area contributed by atoms with Gasteiger partial charge in [-0.3, -0.25) is 0 Å². The quantitative estimate of drug-likeness (QED) is 0.841. The number of benzene rings is 1. The SMILES string of the molecule is Cc1cccc(Oc2cnc(NCCN)nc2)c1. The zero-order valence-electron chi connectivity index (χ0n) is 10.3. The highest BCUT2D eigenvalue weighted by atomic mass is 16.5. The number of nitrogens with one attached hydrogen (secondary N) is 1. The summed E-state index contributed by atoms with van der Waals surface area (Å²) in [6.45, 7) is 3.21. The zero-order valence-corrected chi connectivity index (χ0v) is 10.3. The van der Waals surface area contributed by atoms with Gasteiger partial charge in [-0.15, -0.1) is 0 Å². The third-order valence-corrected chi connectivity index (χ3v) is 2.28. The van der Waals surface area contributed by atoms with Crippen molar-refractivity contribution in [3.05, 3.63) is 42.2 Å². The summed E-state index contributed by atoms with van der Waals surface area (Å²) >= 11 is 0. The lowest BCUT2D eigenvalue weighted by atomic mass is 10.2. The molecule has 0 aliphatic rings. The van der Waals surface area contributed by atoms with E-state index < -0.39 is 0 Å². The van der Waals surface area contributed by atoms with Gasteiger partial charge < -0.3 is 15.8 Å². The smallest absolute Gasteiger partial charge is 0.222 e. The van der Waals surface area contributed by atoms with Crippen LogP contribution in [0.15, 0.2) is 36.7 Å². The molecule has 0 spiro atoms. The molecule has 94 valence electrons. The first-order chi connectivity index (χ1) is 8.78. The predicted octanol–water partition coefficient (Wildman–Crippen LogP) is 1.95. The second-order valence-electron chi connectivity index (χ2n) is 3.88. The summed E-state index contributed by atoms with van der Waals surface area (Å²) in [5.74, 6) is 1.94. The van der Waals surface area contributed by atoms with Crippen molar-refractivity contribution in [1.29, 1.82) is 0 Å². The Morgan fingerprint density at radius 2 is 2.00 bits per heavy atom. The minimum absolute atomic E-state index is 0.547. The molecule has 5 nitrogen and oxygen atoms in total. The summed E-state index contributed by atoms with van der Waals surface area (Å²) in [4.78, 5) is 8.26. The lowest BCUT2D eigenvalue weighted by molar-refractivity contribution is 0.477. The van der Waals surface area contributed by atoms with Gasteiger partial charge in [0.25, 0.3) is 0 Å². The average molecular weight is 244 g/mol. The van der Waals surface area contributed by atoms with E-state index in [2.05, 4.69) is 15.3 Å². The van der Waals surface area contributed by atoms with Crippen LogP contribution in [-0.2, 0) is 0 Å². The summed E-state index contributed by atoms with van der Waals surface area (Å²) in [6, 6.07) is 7.82. The molecule has 0 aliphatic heterocycles. The van der Waals surface area contributed by atoms with Gasteiger partial charge in [-0.2, -0.15) is 0 Å². The van der Waals surface area contributed by atoms with Crippen molar-refractivity contribution in [2.24, 2.45) is 5.73 Å². The highest BCUT2D eigenvalue weighted by Gasteiger charge is 2.00. The van der Waals surface area contributed by atoms with E-state index in [1.54, 1.807) is 12.4 Å². The summed E-state index contributed by atoms with van der Waals surface area (Å²) in [5.41, 5.74) is 6.53. The number of nitrogens with zero attached hydrogens (tertiary/aromatic N) is 2. The van der Waals surface area contributed by atoms with Crippen LogP contribution in [0.5, 0.6) is 11.5 Å². The standard InChI is InChI=1S/C13H16N4O/c1-10-3-2-4-11(7-10)18-12-8-16-13(17-9-12)15-6-5-14/h2-4,7-9H,5-6,14H2,1H3,(H,15,16,17). The van der Waals surface area contributed by atoms with Gasteiger partial charge in [0, 0.05) is 13.1 Å². The molecule has 5 heteroatoms. The van der Waals surface area contributed by atoms with Gasteiger partial charge in [0.05, 0.1) is 12.4 Å². The zero-order chi connectivity index (χ0) is 12.8. The van der Waals surface area contributed by atoms with Gasteiger partial charge in [0.2, 0.25) is 5.95 Å². The van der Waals surface area contributed by atoms with Crippen molar-refractivity contribution in [2.45, 2.75) is 6.92 Å². The number of hydrogen-bond acceptors (Lipinski definition) is 5. The van der Waals surface area contributed by atoms with E-state index in [0.717, 1.165) is 11.3 Å². The Kier molecular flexibility index (Phi) is 4.09.